The quantitative estimate of drug-likeness (QED) is 0.826. The second-order valence-electron chi connectivity index (χ2n) is 5.93. The number of sulfonamides is 1. The molecule has 1 atom stereocenters. The normalized spacial score (nSPS) is 19.9. The van der Waals surface area contributed by atoms with Crippen molar-refractivity contribution < 1.29 is 25.5 Å². The summed E-state index contributed by atoms with van der Waals surface area (Å²) < 4.78 is 27.8. The van der Waals surface area contributed by atoms with Gasteiger partial charge >= 0.3 is 17.1 Å². The van der Waals surface area contributed by atoms with Gasteiger partial charge in [-0.05, 0) is 44.0 Å². The van der Waals surface area contributed by atoms with E-state index in [9.17, 15) is 8.42 Å². The predicted octanol–water partition coefficient (Wildman–Crippen LogP) is 2.59. The molecule has 0 saturated carbocycles. The van der Waals surface area contributed by atoms with Crippen LogP contribution in [0.25, 0.3) is 5.32 Å². The van der Waals surface area contributed by atoms with Gasteiger partial charge in [-0.15, -0.1) is 0 Å². The molecule has 1 aliphatic heterocycles. The van der Waals surface area contributed by atoms with Crippen molar-refractivity contribution >= 4 is 15.9 Å². The molecule has 2 rings (SSSR count). The smallest absolute Gasteiger partial charge is 0.469 e. The first-order chi connectivity index (χ1) is 9.15. The Balaban J connectivity index is 0.00000220. The molecule has 120 valence electrons. The molecule has 0 fully saturated rings. The Morgan fingerprint density at radius 3 is 2.43 bits per heavy atom. The summed E-state index contributed by atoms with van der Waals surface area (Å²) in [6.07, 6.45) is 0. The summed E-state index contributed by atoms with van der Waals surface area (Å²) in [4.78, 5) is 4.36. The molecule has 1 N–H and O–H groups in total. The fourth-order valence-electron chi connectivity index (χ4n) is 2.30. The Hall–Kier alpha value is -0.881. The van der Waals surface area contributed by atoms with E-state index < -0.39 is 15.6 Å². The molecule has 5 nitrogen and oxygen atoms in total. The van der Waals surface area contributed by atoms with Crippen LogP contribution < -0.4 is 4.72 Å². The van der Waals surface area contributed by atoms with E-state index in [-0.39, 0.29) is 28.0 Å². The van der Waals surface area contributed by atoms with Crippen molar-refractivity contribution in [3.63, 3.8) is 0 Å². The van der Waals surface area contributed by atoms with Crippen molar-refractivity contribution in [1.82, 2.24) is 4.72 Å². The van der Waals surface area contributed by atoms with Gasteiger partial charge in [-0.25, -0.2) is 13.1 Å². The first-order valence-corrected chi connectivity index (χ1v) is 7.99. The largest absolute Gasteiger partial charge is 1.00 e. The molecule has 0 amide bonds. The van der Waals surface area contributed by atoms with E-state index in [0.29, 0.717) is 11.4 Å². The zero-order valence-corrected chi connectivity index (χ0v) is 14.5. The summed E-state index contributed by atoms with van der Waals surface area (Å²) in [5.74, 6) is 0.502. The molecule has 1 aromatic rings. The van der Waals surface area contributed by atoms with Crippen LogP contribution >= 0.6 is 0 Å². The third-order valence-electron chi connectivity index (χ3n) is 2.99. The van der Waals surface area contributed by atoms with Crippen LogP contribution in [0.5, 0.6) is 0 Å². The van der Waals surface area contributed by atoms with Crippen LogP contribution in [-0.2, 0) is 27.1 Å². The molecular weight excluding hydrogens is 338 g/mol. The average molecular weight is 358 g/mol. The van der Waals surface area contributed by atoms with Gasteiger partial charge in [0.05, 0.1) is 4.90 Å². The van der Waals surface area contributed by atoms with E-state index in [1.165, 1.54) is 0 Å². The van der Waals surface area contributed by atoms with Crippen molar-refractivity contribution in [2.75, 3.05) is 7.05 Å². The van der Waals surface area contributed by atoms with Crippen LogP contribution in [0.4, 0.5) is 0 Å². The number of fused-ring (bicyclic) bond motifs is 1. The van der Waals surface area contributed by atoms with E-state index in [1.54, 1.807) is 19.2 Å². The molecule has 0 bridgehead atoms. The average Bonchev–Trinajstić information content (AvgIpc) is 2.63. The number of nitrogens with one attached hydrogen (secondary N) is 1. The van der Waals surface area contributed by atoms with E-state index in [0.717, 1.165) is 5.56 Å². The monoisotopic (exact) mass is 357 g/mol. The maximum absolute atomic E-state index is 12.6. The zero-order chi connectivity index (χ0) is 15.1. The second-order valence-corrected chi connectivity index (χ2v) is 7.58. The summed E-state index contributed by atoms with van der Waals surface area (Å²) in [5, 5.41) is 4.40. The Morgan fingerprint density at radius 2 is 1.90 bits per heavy atom. The van der Waals surface area contributed by atoms with Crippen LogP contribution in [0.1, 0.15) is 44.9 Å². The summed E-state index contributed by atoms with van der Waals surface area (Å²) in [6.45, 7) is 7.38. The predicted molar refractivity (Wildman–Crippen MR) is 80.8 cm³/mol. The van der Waals surface area contributed by atoms with Gasteiger partial charge in [-0.1, -0.05) is 31.9 Å². The first kappa shape index (κ1) is 18.2. The molecule has 1 unspecified atom stereocenters. The molecule has 0 aromatic heterocycles. The van der Waals surface area contributed by atoms with E-state index in [1.807, 2.05) is 33.8 Å². The zero-order valence-electron chi connectivity index (χ0n) is 12.7. The van der Waals surface area contributed by atoms with Crippen molar-refractivity contribution in [3.05, 3.63) is 34.6 Å². The van der Waals surface area contributed by atoms with Gasteiger partial charge in [0.2, 0.25) is 10.0 Å². The number of hydrogen-bond acceptors (Lipinski definition) is 3. The molecular formula is C14H20CuN3O2S. The van der Waals surface area contributed by atoms with Crippen LogP contribution in [0.3, 0.4) is 0 Å². The minimum atomic E-state index is -3.60. The molecule has 21 heavy (non-hydrogen) atoms. The van der Waals surface area contributed by atoms with Gasteiger partial charge in [-0.3, -0.25) is 0 Å². The summed E-state index contributed by atoms with van der Waals surface area (Å²) >= 11 is 0. The summed E-state index contributed by atoms with van der Waals surface area (Å²) in [7, 11) is -1.97. The van der Waals surface area contributed by atoms with E-state index in [4.69, 9.17) is 0 Å². The second kappa shape index (κ2) is 6.08. The Morgan fingerprint density at radius 1 is 1.29 bits per heavy atom. The number of nitrogens with zero attached hydrogens (tertiary/aromatic N) is 2. The van der Waals surface area contributed by atoms with Crippen molar-refractivity contribution in [2.45, 2.75) is 44.2 Å². The molecule has 0 aliphatic carbocycles. The Kier molecular flexibility index (Phi) is 5.26. The number of hydrogen-bond donors (Lipinski definition) is 1. The third-order valence-corrected chi connectivity index (χ3v) is 4.79. The summed E-state index contributed by atoms with van der Waals surface area (Å²) in [6, 6.07) is 5.19. The number of amidine groups is 1. The maximum atomic E-state index is 12.6. The topological polar surface area (TPSA) is 72.6 Å². The standard InChI is InChI=1S/C14H20N3O2S.Cu/c1-9-10-7-6-8-11(12(10)13(15-5)16-9)20(18,19)17-14(2,3)4;/h6-9,17H,1-5H3;/q-1;+1. The number of rotatable bonds is 2. The van der Waals surface area contributed by atoms with Crippen LogP contribution in [0.2, 0.25) is 0 Å². The van der Waals surface area contributed by atoms with Gasteiger partial charge in [0.1, 0.15) is 0 Å². The van der Waals surface area contributed by atoms with Gasteiger partial charge in [0.15, 0.2) is 0 Å². The van der Waals surface area contributed by atoms with Crippen molar-refractivity contribution in [2.24, 2.45) is 4.99 Å². The van der Waals surface area contributed by atoms with E-state index >= 15 is 0 Å². The first-order valence-electron chi connectivity index (χ1n) is 6.50. The fraction of sp³-hybridized carbons (Fsp3) is 0.500. The molecule has 1 aromatic carbocycles. The van der Waals surface area contributed by atoms with Gasteiger partial charge < -0.3 is 10.3 Å². The SMILES string of the molecule is CN=C1[N-]C(C)c2cccc(S(=O)(=O)NC(C)(C)C)c21.[Cu+]. The molecule has 0 spiro atoms. The molecule has 0 saturated heterocycles. The van der Waals surface area contributed by atoms with Gasteiger partial charge in [0, 0.05) is 5.54 Å². The Bertz CT molecular complexity index is 663. The minimum absolute atomic E-state index is 0. The minimum Gasteiger partial charge on any atom is -0.469 e. The fourth-order valence-corrected chi connectivity index (χ4v) is 3.96. The molecule has 7 heteroatoms. The van der Waals surface area contributed by atoms with E-state index in [2.05, 4.69) is 15.0 Å². The molecule has 1 aliphatic rings. The Labute approximate surface area is 137 Å². The van der Waals surface area contributed by atoms with Crippen LogP contribution in [-0.4, -0.2) is 26.8 Å². The van der Waals surface area contributed by atoms with Gasteiger partial charge in [-0.2, -0.15) is 0 Å². The number of aliphatic imine (C=N–C) groups is 1. The number of benzene rings is 1. The third kappa shape index (κ3) is 3.66. The summed E-state index contributed by atoms with van der Waals surface area (Å²) in [5.41, 5.74) is 0.994. The van der Waals surface area contributed by atoms with Crippen LogP contribution in [0, 0.1) is 0 Å². The maximum Gasteiger partial charge on any atom is 1.00 e. The van der Waals surface area contributed by atoms with Crippen LogP contribution in [0.15, 0.2) is 28.1 Å². The van der Waals surface area contributed by atoms with Gasteiger partial charge in [0.25, 0.3) is 0 Å². The molecule has 0 radical (unpaired) electrons. The van der Waals surface area contributed by atoms with Crippen molar-refractivity contribution in [3.8, 4) is 0 Å². The molecule has 1 heterocycles. The van der Waals surface area contributed by atoms with Crippen molar-refractivity contribution in [1.29, 1.82) is 0 Å².